The quantitative estimate of drug-likeness (QED) is 0.688. The van der Waals surface area contributed by atoms with Crippen molar-refractivity contribution < 1.29 is 0 Å². The van der Waals surface area contributed by atoms with Crippen LogP contribution in [0.25, 0.3) is 0 Å². The molecule has 0 spiro atoms. The first-order valence-electron chi connectivity index (χ1n) is 7.61. The van der Waals surface area contributed by atoms with E-state index in [9.17, 15) is 0 Å². The molecule has 2 nitrogen and oxygen atoms in total. The Bertz CT molecular complexity index is 180. The molecule has 0 bridgehead atoms. The van der Waals surface area contributed by atoms with Gasteiger partial charge in [-0.3, -0.25) is 0 Å². The summed E-state index contributed by atoms with van der Waals surface area (Å²) in [5.74, 6) is 1.79. The Balaban J connectivity index is 1.95. The summed E-state index contributed by atoms with van der Waals surface area (Å²) in [6.45, 7) is 13.3. The molecule has 2 heteroatoms. The zero-order valence-electron chi connectivity index (χ0n) is 12.2. The summed E-state index contributed by atoms with van der Waals surface area (Å²) in [6, 6.07) is 0. The van der Waals surface area contributed by atoms with Crippen LogP contribution in [0.5, 0.6) is 0 Å². The summed E-state index contributed by atoms with van der Waals surface area (Å²) < 4.78 is 0. The standard InChI is InChI=1S/C15H32N2/c1-14(2)6-4-9-16-10-13-17-11-5-7-15(3)8-12-17/h14-16H,4-13H2,1-3H3. The van der Waals surface area contributed by atoms with Gasteiger partial charge in [0.2, 0.25) is 0 Å². The van der Waals surface area contributed by atoms with Gasteiger partial charge in [0.05, 0.1) is 0 Å². The molecule has 102 valence electrons. The van der Waals surface area contributed by atoms with E-state index in [0.717, 1.165) is 11.8 Å². The minimum Gasteiger partial charge on any atom is -0.315 e. The minimum absolute atomic E-state index is 0.851. The maximum Gasteiger partial charge on any atom is 0.0107 e. The first kappa shape index (κ1) is 15.0. The molecular formula is C15H32N2. The third-order valence-corrected chi connectivity index (χ3v) is 3.85. The van der Waals surface area contributed by atoms with E-state index in [4.69, 9.17) is 0 Å². The maximum atomic E-state index is 3.58. The fourth-order valence-corrected chi connectivity index (χ4v) is 2.54. The lowest BCUT2D eigenvalue weighted by Gasteiger charge is -2.20. The van der Waals surface area contributed by atoms with Crippen LogP contribution in [-0.2, 0) is 0 Å². The van der Waals surface area contributed by atoms with Crippen LogP contribution in [0, 0.1) is 11.8 Å². The van der Waals surface area contributed by atoms with Crippen LogP contribution in [0.2, 0.25) is 0 Å². The molecule has 17 heavy (non-hydrogen) atoms. The van der Waals surface area contributed by atoms with Gasteiger partial charge in [0.25, 0.3) is 0 Å². The van der Waals surface area contributed by atoms with Crippen molar-refractivity contribution in [3.63, 3.8) is 0 Å². The SMILES string of the molecule is CC(C)CCCNCCN1CCCC(C)CC1. The van der Waals surface area contributed by atoms with Crippen molar-refractivity contribution in [3.8, 4) is 0 Å². The molecule has 0 amide bonds. The second kappa shape index (κ2) is 8.93. The van der Waals surface area contributed by atoms with Crippen molar-refractivity contribution in [2.75, 3.05) is 32.7 Å². The Morgan fingerprint density at radius 1 is 1.18 bits per heavy atom. The summed E-state index contributed by atoms with van der Waals surface area (Å²) >= 11 is 0. The maximum absolute atomic E-state index is 3.58. The predicted molar refractivity (Wildman–Crippen MR) is 76.4 cm³/mol. The molecule has 1 rings (SSSR count). The molecule has 1 atom stereocenters. The van der Waals surface area contributed by atoms with E-state index >= 15 is 0 Å². The van der Waals surface area contributed by atoms with Gasteiger partial charge in [-0.15, -0.1) is 0 Å². The molecule has 0 radical (unpaired) electrons. The molecule has 1 N–H and O–H groups in total. The summed E-state index contributed by atoms with van der Waals surface area (Å²) in [6.07, 6.45) is 6.91. The second-order valence-electron chi connectivity index (χ2n) is 6.16. The summed E-state index contributed by atoms with van der Waals surface area (Å²) in [7, 11) is 0. The Hall–Kier alpha value is -0.0800. The van der Waals surface area contributed by atoms with E-state index in [0.29, 0.717) is 0 Å². The lowest BCUT2D eigenvalue weighted by atomic mass is 10.0. The van der Waals surface area contributed by atoms with Crippen molar-refractivity contribution in [2.45, 2.75) is 52.9 Å². The van der Waals surface area contributed by atoms with Crippen molar-refractivity contribution in [1.82, 2.24) is 10.2 Å². The van der Waals surface area contributed by atoms with Crippen molar-refractivity contribution in [2.24, 2.45) is 11.8 Å². The summed E-state index contributed by atoms with van der Waals surface area (Å²) in [4.78, 5) is 2.64. The summed E-state index contributed by atoms with van der Waals surface area (Å²) in [5, 5.41) is 3.58. The van der Waals surface area contributed by atoms with E-state index < -0.39 is 0 Å². The van der Waals surface area contributed by atoms with Gasteiger partial charge >= 0.3 is 0 Å². The number of nitrogens with one attached hydrogen (secondary N) is 1. The topological polar surface area (TPSA) is 15.3 Å². The van der Waals surface area contributed by atoms with E-state index in [2.05, 4.69) is 31.0 Å². The van der Waals surface area contributed by atoms with Crippen LogP contribution in [0.3, 0.4) is 0 Å². The predicted octanol–water partition coefficient (Wildman–Crippen LogP) is 3.13. The van der Waals surface area contributed by atoms with E-state index in [1.165, 1.54) is 64.8 Å². The van der Waals surface area contributed by atoms with Gasteiger partial charge in [-0.1, -0.05) is 20.8 Å². The van der Waals surface area contributed by atoms with Crippen molar-refractivity contribution in [1.29, 1.82) is 0 Å². The molecule has 1 heterocycles. The smallest absolute Gasteiger partial charge is 0.0107 e. The van der Waals surface area contributed by atoms with E-state index in [-0.39, 0.29) is 0 Å². The number of hydrogen-bond acceptors (Lipinski definition) is 2. The molecule has 0 aromatic carbocycles. The molecule has 1 aliphatic rings. The van der Waals surface area contributed by atoms with Crippen LogP contribution >= 0.6 is 0 Å². The lowest BCUT2D eigenvalue weighted by Crippen LogP contribution is -2.33. The Kier molecular flexibility index (Phi) is 7.87. The molecule has 1 saturated heterocycles. The molecule has 1 unspecified atom stereocenters. The fraction of sp³-hybridized carbons (Fsp3) is 1.00. The molecule has 0 saturated carbocycles. The van der Waals surface area contributed by atoms with Gasteiger partial charge in [-0.25, -0.2) is 0 Å². The fourth-order valence-electron chi connectivity index (χ4n) is 2.54. The van der Waals surface area contributed by atoms with Crippen LogP contribution in [0.15, 0.2) is 0 Å². The zero-order chi connectivity index (χ0) is 12.5. The molecule has 0 aromatic rings. The third kappa shape index (κ3) is 7.77. The minimum atomic E-state index is 0.851. The number of rotatable bonds is 7. The molecule has 0 aliphatic carbocycles. The lowest BCUT2D eigenvalue weighted by molar-refractivity contribution is 0.280. The first-order valence-corrected chi connectivity index (χ1v) is 7.61. The average Bonchev–Trinajstić information content (AvgIpc) is 2.48. The van der Waals surface area contributed by atoms with Gasteiger partial charge in [0.1, 0.15) is 0 Å². The number of hydrogen-bond donors (Lipinski definition) is 1. The van der Waals surface area contributed by atoms with Gasteiger partial charge < -0.3 is 10.2 Å². The van der Waals surface area contributed by atoms with Gasteiger partial charge in [0, 0.05) is 13.1 Å². The van der Waals surface area contributed by atoms with Gasteiger partial charge in [0.15, 0.2) is 0 Å². The highest BCUT2D eigenvalue weighted by Crippen LogP contribution is 2.15. The first-order chi connectivity index (χ1) is 8.18. The molecule has 1 fully saturated rings. The van der Waals surface area contributed by atoms with Crippen LogP contribution in [0.1, 0.15) is 52.9 Å². The second-order valence-corrected chi connectivity index (χ2v) is 6.16. The third-order valence-electron chi connectivity index (χ3n) is 3.85. The highest BCUT2D eigenvalue weighted by molar-refractivity contribution is 4.68. The number of likely N-dealkylation sites (tertiary alicyclic amines) is 1. The van der Waals surface area contributed by atoms with Crippen molar-refractivity contribution in [3.05, 3.63) is 0 Å². The molecule has 0 aromatic heterocycles. The van der Waals surface area contributed by atoms with Gasteiger partial charge in [-0.2, -0.15) is 0 Å². The Morgan fingerprint density at radius 2 is 2.00 bits per heavy atom. The highest BCUT2D eigenvalue weighted by atomic mass is 15.1. The molecule has 1 aliphatic heterocycles. The monoisotopic (exact) mass is 240 g/mol. The van der Waals surface area contributed by atoms with Crippen molar-refractivity contribution >= 4 is 0 Å². The summed E-state index contributed by atoms with van der Waals surface area (Å²) in [5.41, 5.74) is 0. The zero-order valence-corrected chi connectivity index (χ0v) is 12.2. The number of nitrogens with zero attached hydrogens (tertiary/aromatic N) is 1. The van der Waals surface area contributed by atoms with E-state index in [1.807, 2.05) is 0 Å². The Morgan fingerprint density at radius 3 is 2.76 bits per heavy atom. The average molecular weight is 240 g/mol. The largest absolute Gasteiger partial charge is 0.315 e. The highest BCUT2D eigenvalue weighted by Gasteiger charge is 2.12. The van der Waals surface area contributed by atoms with Crippen LogP contribution in [0.4, 0.5) is 0 Å². The van der Waals surface area contributed by atoms with Crippen LogP contribution < -0.4 is 5.32 Å². The normalized spacial score (nSPS) is 22.9. The Labute approximate surface area is 108 Å². The van der Waals surface area contributed by atoms with E-state index in [1.54, 1.807) is 0 Å². The molecular weight excluding hydrogens is 208 g/mol. The van der Waals surface area contributed by atoms with Crippen LogP contribution in [-0.4, -0.2) is 37.6 Å². The van der Waals surface area contributed by atoms with Gasteiger partial charge in [-0.05, 0) is 63.6 Å².